The van der Waals surface area contributed by atoms with E-state index in [4.69, 9.17) is 10.2 Å². The van der Waals surface area contributed by atoms with Gasteiger partial charge in [0.25, 0.3) is 0 Å². The van der Waals surface area contributed by atoms with Crippen molar-refractivity contribution in [1.29, 1.82) is 0 Å². The van der Waals surface area contributed by atoms with E-state index in [1.54, 1.807) is 0 Å². The van der Waals surface area contributed by atoms with Crippen LogP contribution in [-0.2, 0) is 9.59 Å². The van der Waals surface area contributed by atoms with E-state index in [0.717, 1.165) is 0 Å². The van der Waals surface area contributed by atoms with Crippen molar-refractivity contribution in [2.75, 3.05) is 0 Å². The molecule has 0 bridgehead atoms. The van der Waals surface area contributed by atoms with Crippen LogP contribution in [0.5, 0.6) is 0 Å². The summed E-state index contributed by atoms with van der Waals surface area (Å²) in [4.78, 5) is 19.6. The number of carboxylic acid groups (broad SMARTS) is 2. The summed E-state index contributed by atoms with van der Waals surface area (Å²) in [6.07, 6.45) is 0.0866. The molecule has 0 aliphatic heterocycles. The molecular formula is C5H10K2O4. The predicted molar refractivity (Wildman–Crippen MR) is 43.4 cm³/mol. The molecule has 0 radical (unpaired) electrons. The van der Waals surface area contributed by atoms with Crippen molar-refractivity contribution < 1.29 is 19.8 Å². The molecule has 0 aromatic carbocycles. The van der Waals surface area contributed by atoms with Gasteiger partial charge in [-0.05, 0) is 6.42 Å². The number of carbonyl (C=O) groups is 2. The third kappa shape index (κ3) is 18.9. The predicted octanol–water partition coefficient (Wildman–Crippen LogP) is -0.971. The first-order chi connectivity index (χ1) is 4.13. The van der Waals surface area contributed by atoms with E-state index in [-0.39, 0.29) is 122 Å². The second-order valence-electron chi connectivity index (χ2n) is 1.64. The van der Waals surface area contributed by atoms with Crippen molar-refractivity contribution in [2.24, 2.45) is 0 Å². The number of aliphatic carboxylic acids is 2. The normalized spacial score (nSPS) is 7.27. The Morgan fingerprint density at radius 2 is 1.18 bits per heavy atom. The number of carboxylic acids is 2. The average molecular weight is 212 g/mol. The van der Waals surface area contributed by atoms with Gasteiger partial charge in [0.1, 0.15) is 0 Å². The van der Waals surface area contributed by atoms with E-state index in [2.05, 4.69) is 0 Å². The van der Waals surface area contributed by atoms with Crippen LogP contribution in [0, 0.1) is 0 Å². The van der Waals surface area contributed by atoms with Gasteiger partial charge in [0, 0.05) is 12.8 Å². The van der Waals surface area contributed by atoms with Crippen LogP contribution in [0.25, 0.3) is 0 Å². The Balaban J connectivity index is -0.000000320. The molecule has 0 spiro atoms. The van der Waals surface area contributed by atoms with Gasteiger partial charge in [0.2, 0.25) is 0 Å². The van der Waals surface area contributed by atoms with E-state index in [1.165, 1.54) is 0 Å². The van der Waals surface area contributed by atoms with Crippen LogP contribution < -0.4 is 0 Å². The van der Waals surface area contributed by atoms with Crippen LogP contribution in [0.4, 0.5) is 0 Å². The fourth-order valence-corrected chi connectivity index (χ4v) is 0.391. The summed E-state index contributed by atoms with van der Waals surface area (Å²) < 4.78 is 0. The summed E-state index contributed by atoms with van der Waals surface area (Å²) in [5.74, 6) is -1.90. The monoisotopic (exact) mass is 212 g/mol. The van der Waals surface area contributed by atoms with Crippen molar-refractivity contribution in [3.63, 3.8) is 0 Å². The maximum atomic E-state index is 9.79. The fraction of sp³-hybridized carbons (Fsp3) is 0.600. The number of rotatable bonds is 4. The SMILES string of the molecule is O=C(O)CCCC(=O)O.[KH].[KH]. The van der Waals surface area contributed by atoms with Gasteiger partial charge >= 0.3 is 115 Å². The molecule has 4 nitrogen and oxygen atoms in total. The van der Waals surface area contributed by atoms with Crippen LogP contribution in [-0.4, -0.2) is 125 Å². The zero-order valence-corrected chi connectivity index (χ0v) is 4.83. The molecule has 0 saturated heterocycles. The minimum absolute atomic E-state index is 0. The van der Waals surface area contributed by atoms with Gasteiger partial charge in [0.05, 0.1) is 0 Å². The quantitative estimate of drug-likeness (QED) is 0.588. The van der Waals surface area contributed by atoms with Crippen LogP contribution in [0.3, 0.4) is 0 Å². The first-order valence-corrected chi connectivity index (χ1v) is 2.56. The van der Waals surface area contributed by atoms with Gasteiger partial charge in [0.15, 0.2) is 0 Å². The molecule has 0 aliphatic carbocycles. The van der Waals surface area contributed by atoms with Gasteiger partial charge in [-0.1, -0.05) is 0 Å². The van der Waals surface area contributed by atoms with Crippen molar-refractivity contribution in [2.45, 2.75) is 19.3 Å². The third-order valence-electron chi connectivity index (χ3n) is 0.781. The molecule has 0 aromatic rings. The zero-order valence-electron chi connectivity index (χ0n) is 4.83. The molecule has 0 aliphatic rings. The van der Waals surface area contributed by atoms with Crippen molar-refractivity contribution in [3.05, 3.63) is 0 Å². The second-order valence-corrected chi connectivity index (χ2v) is 1.64. The molecule has 0 atom stereocenters. The standard InChI is InChI=1S/C5H8O4.2K.2H/c6-4(7)2-1-3-5(8)9;;;;/h1-3H2,(H,6,7)(H,8,9);;;;. The fourth-order valence-electron chi connectivity index (χ4n) is 0.391. The summed E-state index contributed by atoms with van der Waals surface area (Å²) in [6.45, 7) is 0. The molecule has 2 N–H and O–H groups in total. The number of hydrogen-bond donors (Lipinski definition) is 2. The average Bonchev–Trinajstić information content (AvgIpc) is 1.63. The van der Waals surface area contributed by atoms with E-state index in [9.17, 15) is 9.59 Å². The maximum absolute atomic E-state index is 9.79. The Bertz CT molecular complexity index is 112. The van der Waals surface area contributed by atoms with Crippen molar-refractivity contribution in [1.82, 2.24) is 0 Å². The van der Waals surface area contributed by atoms with Gasteiger partial charge in [-0.2, -0.15) is 0 Å². The van der Waals surface area contributed by atoms with E-state index in [0.29, 0.717) is 0 Å². The molecule has 0 amide bonds. The van der Waals surface area contributed by atoms with Gasteiger partial charge in [-0.25, -0.2) is 0 Å². The topological polar surface area (TPSA) is 74.6 Å². The molecule has 0 fully saturated rings. The Morgan fingerprint density at radius 1 is 0.909 bits per heavy atom. The molecule has 0 unspecified atom stereocenters. The summed E-state index contributed by atoms with van der Waals surface area (Å²) in [5.41, 5.74) is 0. The molecule has 11 heavy (non-hydrogen) atoms. The molecule has 6 heteroatoms. The summed E-state index contributed by atoms with van der Waals surface area (Å²) in [7, 11) is 0. The number of hydrogen-bond acceptors (Lipinski definition) is 2. The van der Waals surface area contributed by atoms with Crippen LogP contribution in [0.2, 0.25) is 0 Å². The molecular weight excluding hydrogens is 202 g/mol. The Kier molecular flexibility index (Phi) is 21.0. The van der Waals surface area contributed by atoms with Gasteiger partial charge in [-0.15, -0.1) is 0 Å². The Morgan fingerprint density at radius 3 is 1.36 bits per heavy atom. The Labute approximate surface area is 150 Å². The van der Waals surface area contributed by atoms with E-state index in [1.807, 2.05) is 0 Å². The van der Waals surface area contributed by atoms with Crippen molar-refractivity contribution >= 4 is 115 Å². The summed E-state index contributed by atoms with van der Waals surface area (Å²) >= 11 is 0. The first-order valence-electron chi connectivity index (χ1n) is 2.56. The van der Waals surface area contributed by atoms with Crippen LogP contribution >= 0.6 is 0 Å². The van der Waals surface area contributed by atoms with Crippen LogP contribution in [0.1, 0.15) is 19.3 Å². The molecule has 0 rings (SSSR count). The molecule has 0 heterocycles. The molecule has 0 saturated carbocycles. The van der Waals surface area contributed by atoms with Crippen LogP contribution in [0.15, 0.2) is 0 Å². The van der Waals surface area contributed by atoms with Gasteiger partial charge < -0.3 is 10.2 Å². The second kappa shape index (κ2) is 12.2. The minimum atomic E-state index is -0.948. The third-order valence-corrected chi connectivity index (χ3v) is 0.781. The Hall–Kier alpha value is 2.21. The van der Waals surface area contributed by atoms with Gasteiger partial charge in [-0.3, -0.25) is 9.59 Å². The van der Waals surface area contributed by atoms with E-state index < -0.39 is 11.9 Å². The van der Waals surface area contributed by atoms with Crippen molar-refractivity contribution in [3.8, 4) is 0 Å². The van der Waals surface area contributed by atoms with E-state index >= 15 is 0 Å². The molecule has 0 aromatic heterocycles. The summed E-state index contributed by atoms with van der Waals surface area (Å²) in [5, 5.41) is 16.1. The molecule has 56 valence electrons. The summed E-state index contributed by atoms with van der Waals surface area (Å²) in [6, 6.07) is 0. The first kappa shape index (κ1) is 18.9. The zero-order chi connectivity index (χ0) is 7.28.